The third-order valence-electron chi connectivity index (χ3n) is 3.72. The number of benzene rings is 2. The second-order valence-electron chi connectivity index (χ2n) is 5.57. The molecule has 3 rings (SSSR count). The predicted molar refractivity (Wildman–Crippen MR) is 102 cm³/mol. The number of halogens is 2. The number of carbonyl (C=O) groups is 1. The Morgan fingerprint density at radius 2 is 1.85 bits per heavy atom. The highest BCUT2D eigenvalue weighted by molar-refractivity contribution is 6.42. The molecule has 0 fully saturated rings. The van der Waals surface area contributed by atoms with Crippen LogP contribution in [0, 0.1) is 0 Å². The fourth-order valence-corrected chi connectivity index (χ4v) is 2.64. The molecule has 0 aliphatic heterocycles. The minimum Gasteiger partial charge on any atom is -0.351 e. The molecule has 0 aliphatic rings. The molecule has 0 spiro atoms. The predicted octanol–water partition coefficient (Wildman–Crippen LogP) is 3.09. The van der Waals surface area contributed by atoms with Crippen LogP contribution in [0.4, 0.5) is 0 Å². The fraction of sp³-hybridized carbons (Fsp3) is 0.167. The molecule has 0 saturated carbocycles. The van der Waals surface area contributed by atoms with E-state index in [1.807, 2.05) is 24.3 Å². The SMILES string of the molecule is O=C(NCCNCc1ccc(-n2cncn2)cc1)c1ccc(Cl)c(Cl)c1. The van der Waals surface area contributed by atoms with Crippen LogP contribution in [0.1, 0.15) is 15.9 Å². The van der Waals surface area contributed by atoms with E-state index in [1.54, 1.807) is 29.2 Å². The zero-order valence-electron chi connectivity index (χ0n) is 13.8. The van der Waals surface area contributed by atoms with Crippen LogP contribution in [0.15, 0.2) is 55.1 Å². The van der Waals surface area contributed by atoms with Crippen molar-refractivity contribution in [1.29, 1.82) is 0 Å². The van der Waals surface area contributed by atoms with E-state index < -0.39 is 0 Å². The molecule has 0 bridgehead atoms. The van der Waals surface area contributed by atoms with Crippen molar-refractivity contribution in [2.45, 2.75) is 6.54 Å². The second-order valence-corrected chi connectivity index (χ2v) is 6.38. The molecule has 0 saturated heterocycles. The van der Waals surface area contributed by atoms with Gasteiger partial charge in [0, 0.05) is 25.2 Å². The molecule has 0 aliphatic carbocycles. The van der Waals surface area contributed by atoms with Gasteiger partial charge in [0.25, 0.3) is 5.91 Å². The molecule has 0 radical (unpaired) electrons. The Morgan fingerprint density at radius 3 is 2.54 bits per heavy atom. The lowest BCUT2D eigenvalue weighted by Gasteiger charge is -2.08. The lowest BCUT2D eigenvalue weighted by molar-refractivity contribution is 0.0954. The Balaban J connectivity index is 1.40. The first kappa shape index (κ1) is 18.4. The van der Waals surface area contributed by atoms with E-state index in [9.17, 15) is 4.79 Å². The molecule has 1 heterocycles. The van der Waals surface area contributed by atoms with E-state index in [4.69, 9.17) is 23.2 Å². The van der Waals surface area contributed by atoms with Gasteiger partial charge in [-0.25, -0.2) is 9.67 Å². The first-order valence-electron chi connectivity index (χ1n) is 8.01. The average Bonchev–Trinajstić information content (AvgIpc) is 3.19. The highest BCUT2D eigenvalue weighted by Crippen LogP contribution is 2.22. The van der Waals surface area contributed by atoms with Crippen molar-refractivity contribution in [3.63, 3.8) is 0 Å². The number of nitrogens with one attached hydrogen (secondary N) is 2. The van der Waals surface area contributed by atoms with Crippen LogP contribution in [0.2, 0.25) is 10.0 Å². The quantitative estimate of drug-likeness (QED) is 0.609. The van der Waals surface area contributed by atoms with Crippen LogP contribution in [-0.2, 0) is 6.54 Å². The number of hydrogen-bond acceptors (Lipinski definition) is 4. The number of rotatable bonds is 7. The van der Waals surface area contributed by atoms with Gasteiger partial charge in [-0.2, -0.15) is 5.10 Å². The van der Waals surface area contributed by atoms with Gasteiger partial charge >= 0.3 is 0 Å². The molecular formula is C18H17Cl2N5O. The van der Waals surface area contributed by atoms with Gasteiger partial charge in [0.2, 0.25) is 0 Å². The maximum Gasteiger partial charge on any atom is 0.251 e. The van der Waals surface area contributed by atoms with E-state index in [-0.39, 0.29) is 5.91 Å². The van der Waals surface area contributed by atoms with Crippen LogP contribution >= 0.6 is 23.2 Å². The molecular weight excluding hydrogens is 373 g/mol. The number of nitrogens with zero attached hydrogens (tertiary/aromatic N) is 3. The summed E-state index contributed by atoms with van der Waals surface area (Å²) in [6, 6.07) is 12.8. The molecule has 1 aromatic heterocycles. The monoisotopic (exact) mass is 389 g/mol. The first-order valence-corrected chi connectivity index (χ1v) is 8.77. The minimum absolute atomic E-state index is 0.178. The van der Waals surface area contributed by atoms with Crippen LogP contribution in [0.25, 0.3) is 5.69 Å². The van der Waals surface area contributed by atoms with Crippen molar-refractivity contribution in [1.82, 2.24) is 25.4 Å². The molecule has 134 valence electrons. The van der Waals surface area contributed by atoms with Gasteiger partial charge in [0.15, 0.2) is 0 Å². The molecule has 2 aromatic carbocycles. The molecule has 3 aromatic rings. The topological polar surface area (TPSA) is 71.8 Å². The summed E-state index contributed by atoms with van der Waals surface area (Å²) < 4.78 is 1.70. The fourth-order valence-electron chi connectivity index (χ4n) is 2.34. The van der Waals surface area contributed by atoms with Crippen LogP contribution in [0.3, 0.4) is 0 Å². The number of aromatic nitrogens is 3. The highest BCUT2D eigenvalue weighted by Gasteiger charge is 2.07. The summed E-state index contributed by atoms with van der Waals surface area (Å²) >= 11 is 11.8. The highest BCUT2D eigenvalue weighted by atomic mass is 35.5. The van der Waals surface area contributed by atoms with Gasteiger partial charge in [-0.1, -0.05) is 35.3 Å². The Labute approximate surface area is 161 Å². The van der Waals surface area contributed by atoms with Gasteiger partial charge in [0.1, 0.15) is 12.7 Å². The van der Waals surface area contributed by atoms with Gasteiger partial charge in [-0.15, -0.1) is 0 Å². The maximum absolute atomic E-state index is 12.0. The van der Waals surface area contributed by atoms with Crippen molar-refractivity contribution in [2.75, 3.05) is 13.1 Å². The van der Waals surface area contributed by atoms with Gasteiger partial charge in [-0.05, 0) is 35.9 Å². The number of carbonyl (C=O) groups excluding carboxylic acids is 1. The van der Waals surface area contributed by atoms with Gasteiger partial charge in [0.05, 0.1) is 15.7 Å². The Bertz CT molecular complexity index is 866. The second kappa shape index (κ2) is 8.80. The molecule has 6 nitrogen and oxygen atoms in total. The van der Waals surface area contributed by atoms with Crippen molar-refractivity contribution in [3.05, 3.63) is 76.3 Å². The molecule has 0 atom stereocenters. The molecule has 26 heavy (non-hydrogen) atoms. The number of hydrogen-bond donors (Lipinski definition) is 2. The minimum atomic E-state index is -0.178. The molecule has 2 N–H and O–H groups in total. The summed E-state index contributed by atoms with van der Waals surface area (Å²) in [4.78, 5) is 16.0. The van der Waals surface area contributed by atoms with Gasteiger partial charge in [-0.3, -0.25) is 4.79 Å². The summed E-state index contributed by atoms with van der Waals surface area (Å²) in [6.45, 7) is 1.87. The van der Waals surface area contributed by atoms with Crippen LogP contribution in [-0.4, -0.2) is 33.8 Å². The maximum atomic E-state index is 12.0. The van der Waals surface area contributed by atoms with Gasteiger partial charge < -0.3 is 10.6 Å². The van der Waals surface area contributed by atoms with Crippen LogP contribution < -0.4 is 10.6 Å². The zero-order chi connectivity index (χ0) is 18.4. The third-order valence-corrected chi connectivity index (χ3v) is 4.46. The summed E-state index contributed by atoms with van der Waals surface area (Å²) in [7, 11) is 0. The third kappa shape index (κ3) is 4.82. The molecule has 1 amide bonds. The zero-order valence-corrected chi connectivity index (χ0v) is 15.3. The number of amides is 1. The van der Waals surface area contributed by atoms with E-state index in [1.165, 1.54) is 6.33 Å². The van der Waals surface area contributed by atoms with Crippen molar-refractivity contribution in [3.8, 4) is 5.69 Å². The van der Waals surface area contributed by atoms with E-state index >= 15 is 0 Å². The summed E-state index contributed by atoms with van der Waals surface area (Å²) in [5.41, 5.74) is 2.59. The lowest BCUT2D eigenvalue weighted by atomic mass is 10.2. The van der Waals surface area contributed by atoms with Crippen molar-refractivity contribution < 1.29 is 4.79 Å². The van der Waals surface area contributed by atoms with Crippen molar-refractivity contribution in [2.24, 2.45) is 0 Å². The molecule has 8 heteroatoms. The Hall–Kier alpha value is -2.41. The normalized spacial score (nSPS) is 10.7. The smallest absolute Gasteiger partial charge is 0.251 e. The standard InChI is InChI=1S/C18H17Cl2N5O/c19-16-6-3-14(9-17(16)20)18(26)23-8-7-21-10-13-1-4-15(5-2-13)25-12-22-11-24-25/h1-6,9,11-12,21H,7-8,10H2,(H,23,26). The Kier molecular flexibility index (Phi) is 6.22. The Morgan fingerprint density at radius 1 is 1.04 bits per heavy atom. The largest absolute Gasteiger partial charge is 0.351 e. The van der Waals surface area contributed by atoms with Crippen LogP contribution in [0.5, 0.6) is 0 Å². The van der Waals surface area contributed by atoms with E-state index in [0.29, 0.717) is 35.2 Å². The summed E-state index contributed by atoms with van der Waals surface area (Å²) in [5, 5.41) is 11.0. The summed E-state index contributed by atoms with van der Waals surface area (Å²) in [5.74, 6) is -0.178. The molecule has 0 unspecified atom stereocenters. The van der Waals surface area contributed by atoms with E-state index in [2.05, 4.69) is 20.7 Å². The van der Waals surface area contributed by atoms with Crippen molar-refractivity contribution >= 4 is 29.1 Å². The average molecular weight is 390 g/mol. The summed E-state index contributed by atoms with van der Waals surface area (Å²) in [6.07, 6.45) is 3.16. The lowest BCUT2D eigenvalue weighted by Crippen LogP contribution is -2.31. The first-order chi connectivity index (χ1) is 12.6. The van der Waals surface area contributed by atoms with E-state index in [0.717, 1.165) is 11.3 Å².